The summed E-state index contributed by atoms with van der Waals surface area (Å²) in [6.45, 7) is 9.96. The fraction of sp³-hybridized carbons (Fsp3) is 0.333. The van der Waals surface area contributed by atoms with Gasteiger partial charge in [0.2, 0.25) is 0 Å². The van der Waals surface area contributed by atoms with Gasteiger partial charge in [-0.1, -0.05) is 13.2 Å². The number of hydrogen-bond donors (Lipinski definition) is 4. The van der Waals surface area contributed by atoms with Gasteiger partial charge in [0.05, 0.1) is 29.5 Å². The molecule has 2 aromatic heterocycles. The fourth-order valence-corrected chi connectivity index (χ4v) is 2.97. The van der Waals surface area contributed by atoms with Crippen LogP contribution in [0.5, 0.6) is 0 Å². The Morgan fingerprint density at radius 1 is 1.29 bits per heavy atom. The number of hydrogen-bond acceptors (Lipinski definition) is 5. The van der Waals surface area contributed by atoms with Crippen LogP contribution in [0.3, 0.4) is 0 Å². The van der Waals surface area contributed by atoms with E-state index in [4.69, 9.17) is 0 Å². The molecule has 1 aliphatic heterocycles. The third-order valence-electron chi connectivity index (χ3n) is 4.28. The summed E-state index contributed by atoms with van der Waals surface area (Å²) < 4.78 is 0. The number of H-pyrrole nitrogens is 1. The molecule has 0 bridgehead atoms. The van der Waals surface area contributed by atoms with Crippen molar-refractivity contribution in [1.29, 1.82) is 0 Å². The Morgan fingerprint density at radius 3 is 2.83 bits per heavy atom. The van der Waals surface area contributed by atoms with Gasteiger partial charge in [0.25, 0.3) is 0 Å². The van der Waals surface area contributed by atoms with Crippen molar-refractivity contribution < 1.29 is 0 Å². The van der Waals surface area contributed by atoms with Crippen molar-refractivity contribution in [1.82, 2.24) is 20.5 Å². The van der Waals surface area contributed by atoms with Crippen LogP contribution in [0, 0.1) is 5.92 Å². The van der Waals surface area contributed by atoms with Gasteiger partial charge in [0, 0.05) is 5.69 Å². The van der Waals surface area contributed by atoms with Crippen molar-refractivity contribution >= 4 is 17.1 Å². The first-order chi connectivity index (χ1) is 11.8. The van der Waals surface area contributed by atoms with E-state index in [1.54, 1.807) is 12.4 Å². The summed E-state index contributed by atoms with van der Waals surface area (Å²) in [5.41, 5.74) is 4.42. The lowest BCUT2D eigenvalue weighted by atomic mass is 9.93. The molecule has 0 spiro atoms. The van der Waals surface area contributed by atoms with Gasteiger partial charge in [-0.3, -0.25) is 10.1 Å². The predicted molar refractivity (Wildman–Crippen MR) is 98.6 cm³/mol. The van der Waals surface area contributed by atoms with Crippen LogP contribution < -0.4 is 16.0 Å². The Balaban J connectivity index is 1.60. The normalized spacial score (nSPS) is 15.0. The van der Waals surface area contributed by atoms with E-state index in [9.17, 15) is 0 Å². The number of anilines is 2. The van der Waals surface area contributed by atoms with Gasteiger partial charge in [-0.05, 0) is 56.6 Å². The molecule has 3 heterocycles. The number of aromatic amines is 1. The average Bonchev–Trinajstić information content (AvgIpc) is 3.06. The maximum Gasteiger partial charge on any atom is 0.104 e. The maximum atomic E-state index is 4.58. The summed E-state index contributed by atoms with van der Waals surface area (Å²) in [6, 6.07) is 4.14. The topological polar surface area (TPSA) is 77.7 Å². The van der Waals surface area contributed by atoms with E-state index in [1.807, 2.05) is 12.3 Å². The highest BCUT2D eigenvalue weighted by molar-refractivity contribution is 5.79. The van der Waals surface area contributed by atoms with E-state index in [0.717, 1.165) is 53.9 Å². The molecule has 1 saturated heterocycles. The number of rotatable bonds is 7. The lowest BCUT2D eigenvalue weighted by Crippen LogP contribution is -2.28. The number of aromatic nitrogens is 3. The van der Waals surface area contributed by atoms with Gasteiger partial charge in [-0.25, -0.2) is 0 Å². The van der Waals surface area contributed by atoms with Crippen LogP contribution in [0.1, 0.15) is 24.2 Å². The third kappa shape index (κ3) is 4.02. The second-order valence-electron chi connectivity index (χ2n) is 6.05. The third-order valence-corrected chi connectivity index (χ3v) is 4.28. The summed E-state index contributed by atoms with van der Waals surface area (Å²) >= 11 is 0. The molecule has 6 nitrogen and oxygen atoms in total. The van der Waals surface area contributed by atoms with Crippen molar-refractivity contribution in [3.8, 4) is 0 Å². The van der Waals surface area contributed by atoms with Crippen LogP contribution in [0.25, 0.3) is 5.70 Å². The Hall–Kier alpha value is -2.60. The van der Waals surface area contributed by atoms with Gasteiger partial charge in [0.1, 0.15) is 5.69 Å². The highest BCUT2D eigenvalue weighted by Crippen LogP contribution is 2.22. The highest BCUT2D eigenvalue weighted by Gasteiger charge is 2.14. The zero-order valence-electron chi connectivity index (χ0n) is 13.8. The van der Waals surface area contributed by atoms with Crippen LogP contribution in [0.4, 0.5) is 11.4 Å². The molecule has 0 unspecified atom stereocenters. The fourth-order valence-electron chi connectivity index (χ4n) is 2.97. The summed E-state index contributed by atoms with van der Waals surface area (Å²) in [6.07, 6.45) is 8.69. The molecule has 126 valence electrons. The van der Waals surface area contributed by atoms with E-state index >= 15 is 0 Å². The summed E-state index contributed by atoms with van der Waals surface area (Å²) in [5, 5.41) is 16.6. The molecule has 0 atom stereocenters. The van der Waals surface area contributed by atoms with Crippen LogP contribution >= 0.6 is 0 Å². The van der Waals surface area contributed by atoms with Crippen molar-refractivity contribution in [3.63, 3.8) is 0 Å². The van der Waals surface area contributed by atoms with Gasteiger partial charge in [0.15, 0.2) is 0 Å². The Kier molecular flexibility index (Phi) is 5.28. The minimum atomic E-state index is 0.727. The molecular weight excluding hydrogens is 300 g/mol. The molecule has 4 N–H and O–H groups in total. The van der Waals surface area contributed by atoms with Crippen LogP contribution in [-0.2, 0) is 6.42 Å². The lowest BCUT2D eigenvalue weighted by molar-refractivity contribution is 0.370. The Bertz CT molecular complexity index is 682. The first kappa shape index (κ1) is 16.3. The predicted octanol–water partition coefficient (Wildman–Crippen LogP) is 2.99. The van der Waals surface area contributed by atoms with Gasteiger partial charge in [-0.15, -0.1) is 0 Å². The number of nitrogens with zero attached hydrogens (tertiary/aromatic N) is 2. The zero-order valence-corrected chi connectivity index (χ0v) is 13.8. The smallest absolute Gasteiger partial charge is 0.104 e. The number of nitrogens with one attached hydrogen (secondary N) is 4. The number of piperidine rings is 1. The SMILES string of the molecule is C=CNc1cn[nH]c1C(=C)Nc1ccc(CC2CCNCC2)nc1. The second kappa shape index (κ2) is 7.79. The molecule has 24 heavy (non-hydrogen) atoms. The molecule has 0 aromatic carbocycles. The highest BCUT2D eigenvalue weighted by atomic mass is 15.1. The van der Waals surface area contributed by atoms with E-state index in [-0.39, 0.29) is 0 Å². The summed E-state index contributed by atoms with van der Waals surface area (Å²) in [5.74, 6) is 0.741. The number of pyridine rings is 1. The van der Waals surface area contributed by atoms with E-state index < -0.39 is 0 Å². The molecular formula is C18H24N6. The van der Waals surface area contributed by atoms with Crippen LogP contribution in [-0.4, -0.2) is 28.3 Å². The van der Waals surface area contributed by atoms with Crippen LogP contribution in [0.15, 0.2) is 43.9 Å². The quantitative estimate of drug-likeness (QED) is 0.630. The summed E-state index contributed by atoms with van der Waals surface area (Å²) in [7, 11) is 0. The molecule has 0 saturated carbocycles. The van der Waals surface area contributed by atoms with Gasteiger partial charge < -0.3 is 16.0 Å². The zero-order chi connectivity index (χ0) is 16.8. The molecule has 0 radical (unpaired) electrons. The summed E-state index contributed by atoms with van der Waals surface area (Å²) in [4.78, 5) is 4.58. The second-order valence-corrected chi connectivity index (χ2v) is 6.05. The molecule has 6 heteroatoms. The average molecular weight is 324 g/mol. The van der Waals surface area contributed by atoms with Crippen molar-refractivity contribution in [2.75, 3.05) is 23.7 Å². The minimum absolute atomic E-state index is 0.727. The van der Waals surface area contributed by atoms with Crippen molar-refractivity contribution in [3.05, 3.63) is 55.3 Å². The van der Waals surface area contributed by atoms with Gasteiger partial charge in [-0.2, -0.15) is 5.10 Å². The standard InChI is InChI=1S/C18H24N6/c1-3-20-17-12-22-24-18(17)13(2)23-16-5-4-15(21-11-16)10-14-6-8-19-9-7-14/h3-5,11-12,14,19-20,23H,1-2,6-10H2,(H,22,24). The molecule has 0 amide bonds. The molecule has 2 aromatic rings. The van der Waals surface area contributed by atoms with Crippen molar-refractivity contribution in [2.24, 2.45) is 5.92 Å². The maximum absolute atomic E-state index is 4.58. The van der Waals surface area contributed by atoms with E-state index in [0.29, 0.717) is 0 Å². The molecule has 1 aliphatic rings. The van der Waals surface area contributed by atoms with Gasteiger partial charge >= 0.3 is 0 Å². The first-order valence-electron chi connectivity index (χ1n) is 8.29. The van der Waals surface area contributed by atoms with E-state index in [2.05, 4.69) is 50.4 Å². The first-order valence-corrected chi connectivity index (χ1v) is 8.29. The molecule has 3 rings (SSSR count). The monoisotopic (exact) mass is 324 g/mol. The lowest BCUT2D eigenvalue weighted by Gasteiger charge is -2.22. The minimum Gasteiger partial charge on any atom is -0.359 e. The van der Waals surface area contributed by atoms with E-state index in [1.165, 1.54) is 12.8 Å². The van der Waals surface area contributed by atoms with Crippen molar-refractivity contribution in [2.45, 2.75) is 19.3 Å². The molecule has 1 fully saturated rings. The molecule has 0 aliphatic carbocycles. The van der Waals surface area contributed by atoms with Crippen LogP contribution in [0.2, 0.25) is 0 Å². The Labute approximate surface area is 142 Å². The largest absolute Gasteiger partial charge is 0.359 e. The Morgan fingerprint density at radius 2 is 2.12 bits per heavy atom.